The summed E-state index contributed by atoms with van der Waals surface area (Å²) in [5, 5.41) is 3.28. The fourth-order valence-electron chi connectivity index (χ4n) is 3.27. The molecule has 0 aliphatic carbocycles. The van der Waals surface area contributed by atoms with Crippen molar-refractivity contribution in [1.82, 2.24) is 4.90 Å². The van der Waals surface area contributed by atoms with Gasteiger partial charge in [-0.2, -0.15) is 4.99 Å². The number of nitrogens with zero attached hydrogens (tertiary/aromatic N) is 3. The molecule has 1 saturated heterocycles. The van der Waals surface area contributed by atoms with Crippen LogP contribution in [0.2, 0.25) is 0 Å². The van der Waals surface area contributed by atoms with Gasteiger partial charge in [-0.15, -0.1) is 0 Å². The number of amidine groups is 1. The van der Waals surface area contributed by atoms with Gasteiger partial charge in [0, 0.05) is 18.8 Å². The monoisotopic (exact) mass is 386 g/mol. The lowest BCUT2D eigenvalue weighted by atomic mass is 10.2. The lowest BCUT2D eigenvalue weighted by Gasteiger charge is -2.19. The molecule has 0 radical (unpaired) electrons. The summed E-state index contributed by atoms with van der Waals surface area (Å²) in [5.74, 6) is 0.710. The van der Waals surface area contributed by atoms with Crippen molar-refractivity contribution >= 4 is 23.2 Å². The van der Waals surface area contributed by atoms with Gasteiger partial charge in [0.05, 0.1) is 11.3 Å². The Kier molecular flexibility index (Phi) is 5.95. The highest BCUT2D eigenvalue weighted by molar-refractivity contribution is 6.13. The lowest BCUT2D eigenvalue weighted by Crippen LogP contribution is -2.29. The number of likely N-dealkylation sites (tertiary alicyclic amines) is 1. The second-order valence-corrected chi connectivity index (χ2v) is 6.87. The van der Waals surface area contributed by atoms with E-state index in [1.54, 1.807) is 12.1 Å². The number of hydrogen-bond donors (Lipinski definition) is 1. The highest BCUT2D eigenvalue weighted by Gasteiger charge is 2.19. The number of para-hydroxylation sites is 2. The van der Waals surface area contributed by atoms with Crippen LogP contribution in [0.1, 0.15) is 18.4 Å². The molecule has 0 aromatic heterocycles. The fourth-order valence-corrected chi connectivity index (χ4v) is 3.27. The standard InChI is InChI=1S/C24H23FN4/c25-22-16-8-7-15-21(22)23(26-19-11-3-1-4-12-19)28-24(29-17-9-10-18-29)27-20-13-5-2-6-14-20/h1-8,11-16H,9-10,17-18H2,(H,26,27,28). The van der Waals surface area contributed by atoms with Gasteiger partial charge in [-0.25, -0.2) is 9.38 Å². The van der Waals surface area contributed by atoms with Crippen LogP contribution in [0.4, 0.5) is 15.8 Å². The second-order valence-electron chi connectivity index (χ2n) is 6.87. The van der Waals surface area contributed by atoms with E-state index in [1.165, 1.54) is 6.07 Å². The summed E-state index contributed by atoms with van der Waals surface area (Å²) in [5.41, 5.74) is 2.08. The SMILES string of the molecule is Fc1ccccc1/C(=N\C(=Nc1ccccc1)N1CCCC1)Nc1ccccc1. The van der Waals surface area contributed by atoms with Crippen molar-refractivity contribution in [2.24, 2.45) is 9.98 Å². The zero-order valence-electron chi connectivity index (χ0n) is 16.1. The van der Waals surface area contributed by atoms with Crippen LogP contribution in [0.3, 0.4) is 0 Å². The summed E-state index contributed by atoms with van der Waals surface area (Å²) >= 11 is 0. The summed E-state index contributed by atoms with van der Waals surface area (Å²) < 4.78 is 14.6. The molecule has 1 fully saturated rings. The molecule has 1 aliphatic heterocycles. The summed E-state index contributed by atoms with van der Waals surface area (Å²) in [6, 6.07) is 26.1. The number of guanidine groups is 1. The molecule has 146 valence electrons. The van der Waals surface area contributed by atoms with E-state index in [2.05, 4.69) is 10.2 Å². The third-order valence-electron chi connectivity index (χ3n) is 4.75. The summed E-state index contributed by atoms with van der Waals surface area (Å²) in [4.78, 5) is 11.7. The van der Waals surface area contributed by atoms with E-state index < -0.39 is 0 Å². The average Bonchev–Trinajstić information content (AvgIpc) is 3.29. The van der Waals surface area contributed by atoms with Gasteiger partial charge >= 0.3 is 0 Å². The number of hydrogen-bond acceptors (Lipinski definition) is 1. The molecule has 3 aromatic carbocycles. The predicted octanol–water partition coefficient (Wildman–Crippen LogP) is 5.47. The first kappa shape index (κ1) is 18.9. The minimum absolute atomic E-state index is 0.324. The Bertz CT molecular complexity index is 994. The first-order valence-corrected chi connectivity index (χ1v) is 9.84. The van der Waals surface area contributed by atoms with E-state index in [9.17, 15) is 4.39 Å². The van der Waals surface area contributed by atoms with Crippen LogP contribution in [0, 0.1) is 5.82 Å². The molecule has 1 heterocycles. The minimum Gasteiger partial charge on any atom is -0.341 e. The van der Waals surface area contributed by atoms with E-state index in [-0.39, 0.29) is 5.82 Å². The maximum atomic E-state index is 14.6. The number of rotatable bonds is 3. The molecule has 0 saturated carbocycles. The molecule has 0 bridgehead atoms. The third-order valence-corrected chi connectivity index (χ3v) is 4.75. The maximum Gasteiger partial charge on any atom is 0.227 e. The maximum absolute atomic E-state index is 14.6. The Balaban J connectivity index is 1.79. The first-order chi connectivity index (χ1) is 14.3. The van der Waals surface area contributed by atoms with Gasteiger partial charge in [0.25, 0.3) is 0 Å². The third kappa shape index (κ3) is 4.88. The van der Waals surface area contributed by atoms with Crippen LogP contribution in [0.5, 0.6) is 0 Å². The zero-order chi connectivity index (χ0) is 19.9. The van der Waals surface area contributed by atoms with Gasteiger partial charge in [-0.3, -0.25) is 0 Å². The molecule has 4 rings (SSSR count). The van der Waals surface area contributed by atoms with Gasteiger partial charge < -0.3 is 10.2 Å². The molecular formula is C24H23FN4. The van der Waals surface area contributed by atoms with Crippen molar-refractivity contribution in [3.63, 3.8) is 0 Å². The zero-order valence-corrected chi connectivity index (χ0v) is 16.1. The number of benzene rings is 3. The topological polar surface area (TPSA) is 40.0 Å². The summed E-state index contributed by atoms with van der Waals surface area (Å²) in [6.07, 6.45) is 2.20. The van der Waals surface area contributed by atoms with Crippen molar-refractivity contribution in [3.05, 3.63) is 96.3 Å². The van der Waals surface area contributed by atoms with E-state index in [0.717, 1.165) is 37.3 Å². The van der Waals surface area contributed by atoms with E-state index >= 15 is 0 Å². The number of anilines is 1. The van der Waals surface area contributed by atoms with Crippen molar-refractivity contribution in [2.45, 2.75) is 12.8 Å². The van der Waals surface area contributed by atoms with Crippen LogP contribution in [-0.2, 0) is 0 Å². The fraction of sp³-hybridized carbons (Fsp3) is 0.167. The molecule has 0 atom stereocenters. The van der Waals surface area contributed by atoms with E-state index in [4.69, 9.17) is 9.98 Å². The number of halogens is 1. The normalized spacial score (nSPS) is 14.9. The summed E-state index contributed by atoms with van der Waals surface area (Å²) in [6.45, 7) is 1.79. The van der Waals surface area contributed by atoms with Crippen LogP contribution in [-0.4, -0.2) is 29.8 Å². The van der Waals surface area contributed by atoms with E-state index in [0.29, 0.717) is 17.4 Å². The largest absolute Gasteiger partial charge is 0.341 e. The molecule has 0 spiro atoms. The minimum atomic E-state index is -0.324. The molecule has 0 unspecified atom stereocenters. The second kappa shape index (κ2) is 9.15. The Morgan fingerprint density at radius 2 is 1.41 bits per heavy atom. The van der Waals surface area contributed by atoms with Crippen LogP contribution >= 0.6 is 0 Å². The van der Waals surface area contributed by atoms with E-state index in [1.807, 2.05) is 66.7 Å². The molecule has 1 aliphatic rings. The van der Waals surface area contributed by atoms with Gasteiger partial charge in [0.2, 0.25) is 5.96 Å². The van der Waals surface area contributed by atoms with Crippen LogP contribution in [0.25, 0.3) is 0 Å². The average molecular weight is 386 g/mol. The smallest absolute Gasteiger partial charge is 0.227 e. The Labute approximate surface area is 170 Å². The number of aliphatic imine (C=N–C) groups is 2. The van der Waals surface area contributed by atoms with Gasteiger partial charge in [-0.05, 0) is 49.2 Å². The Hall–Kier alpha value is -3.47. The number of nitrogens with one attached hydrogen (secondary N) is 1. The molecule has 5 heteroatoms. The lowest BCUT2D eigenvalue weighted by molar-refractivity contribution is 0.514. The van der Waals surface area contributed by atoms with Gasteiger partial charge in [0.15, 0.2) is 0 Å². The highest BCUT2D eigenvalue weighted by Crippen LogP contribution is 2.18. The first-order valence-electron chi connectivity index (χ1n) is 9.84. The van der Waals surface area contributed by atoms with Crippen molar-refractivity contribution < 1.29 is 4.39 Å². The quantitative estimate of drug-likeness (QED) is 0.479. The van der Waals surface area contributed by atoms with Crippen molar-refractivity contribution in [2.75, 3.05) is 18.4 Å². The van der Waals surface area contributed by atoms with Gasteiger partial charge in [0.1, 0.15) is 11.7 Å². The van der Waals surface area contributed by atoms with Crippen LogP contribution in [0.15, 0.2) is 94.9 Å². The Morgan fingerprint density at radius 1 is 0.793 bits per heavy atom. The predicted molar refractivity (Wildman–Crippen MR) is 117 cm³/mol. The molecule has 4 nitrogen and oxygen atoms in total. The van der Waals surface area contributed by atoms with Crippen molar-refractivity contribution in [1.29, 1.82) is 0 Å². The highest BCUT2D eigenvalue weighted by atomic mass is 19.1. The van der Waals surface area contributed by atoms with Gasteiger partial charge in [-0.1, -0.05) is 48.5 Å². The molecule has 0 amide bonds. The molecule has 1 N–H and O–H groups in total. The molecule has 29 heavy (non-hydrogen) atoms. The molecule has 3 aromatic rings. The van der Waals surface area contributed by atoms with Crippen LogP contribution < -0.4 is 5.32 Å². The Morgan fingerprint density at radius 3 is 2.10 bits per heavy atom. The summed E-state index contributed by atoms with van der Waals surface area (Å²) in [7, 11) is 0. The molecular weight excluding hydrogens is 363 g/mol. The van der Waals surface area contributed by atoms with Crippen molar-refractivity contribution in [3.8, 4) is 0 Å².